The maximum atomic E-state index is 4.29. The highest BCUT2D eigenvalue weighted by atomic mass is 79.9. The van der Waals surface area contributed by atoms with Gasteiger partial charge >= 0.3 is 0 Å². The maximum Gasteiger partial charge on any atom is 0.210 e. The number of nitrogens with zero attached hydrogens (tertiary/aromatic N) is 2. The second-order valence-corrected chi connectivity index (χ2v) is 6.76. The van der Waals surface area contributed by atoms with E-state index in [0.29, 0.717) is 0 Å². The lowest BCUT2D eigenvalue weighted by atomic mass is 10.1. The molecule has 0 fully saturated rings. The molecule has 106 valence electrons. The van der Waals surface area contributed by atoms with Crippen molar-refractivity contribution in [2.75, 3.05) is 5.32 Å². The molecule has 3 rings (SSSR count). The van der Waals surface area contributed by atoms with E-state index in [0.717, 1.165) is 25.9 Å². The zero-order valence-electron chi connectivity index (χ0n) is 11.7. The number of hydrogen-bond acceptors (Lipinski definition) is 4. The van der Waals surface area contributed by atoms with Crippen LogP contribution in [0, 0.1) is 13.8 Å². The number of benzene rings is 2. The van der Waals surface area contributed by atoms with E-state index < -0.39 is 0 Å². The van der Waals surface area contributed by atoms with Crippen LogP contribution in [0.25, 0.3) is 10.6 Å². The molecule has 0 saturated carbocycles. The summed E-state index contributed by atoms with van der Waals surface area (Å²) in [6.07, 6.45) is 0. The molecule has 5 heteroatoms. The Hall–Kier alpha value is -1.72. The second-order valence-electron chi connectivity index (χ2n) is 4.87. The third kappa shape index (κ3) is 3.31. The van der Waals surface area contributed by atoms with Crippen molar-refractivity contribution in [2.24, 2.45) is 0 Å². The topological polar surface area (TPSA) is 37.8 Å². The summed E-state index contributed by atoms with van der Waals surface area (Å²) in [5.41, 5.74) is 4.61. The molecule has 1 aromatic heterocycles. The van der Waals surface area contributed by atoms with Gasteiger partial charge in [0.15, 0.2) is 0 Å². The average molecular weight is 360 g/mol. The maximum absolute atomic E-state index is 4.29. The molecule has 0 amide bonds. The number of hydrogen-bond donors (Lipinski definition) is 1. The van der Waals surface area contributed by atoms with Gasteiger partial charge in [0.25, 0.3) is 0 Å². The van der Waals surface area contributed by atoms with E-state index in [1.165, 1.54) is 11.1 Å². The molecule has 2 aromatic carbocycles. The number of halogens is 1. The van der Waals surface area contributed by atoms with Gasteiger partial charge in [0.2, 0.25) is 5.13 Å². The second kappa shape index (κ2) is 5.95. The zero-order valence-corrected chi connectivity index (χ0v) is 14.1. The van der Waals surface area contributed by atoms with Gasteiger partial charge in [0.05, 0.1) is 0 Å². The van der Waals surface area contributed by atoms with Crippen molar-refractivity contribution in [1.82, 2.24) is 10.2 Å². The standard InChI is InChI=1S/C16H14BrN3S/c1-10-6-7-14(11(2)8-10)15-19-20-16(21-15)18-13-5-3-4-12(17)9-13/h3-9H,1-2H3,(H,18,20). The normalized spacial score (nSPS) is 10.6. The van der Waals surface area contributed by atoms with Crippen molar-refractivity contribution in [3.05, 3.63) is 58.1 Å². The molecule has 3 nitrogen and oxygen atoms in total. The molecule has 1 heterocycles. The van der Waals surface area contributed by atoms with E-state index in [1.807, 2.05) is 24.3 Å². The van der Waals surface area contributed by atoms with Crippen molar-refractivity contribution >= 4 is 38.1 Å². The van der Waals surface area contributed by atoms with Gasteiger partial charge in [-0.15, -0.1) is 10.2 Å². The fraction of sp³-hybridized carbons (Fsp3) is 0.125. The summed E-state index contributed by atoms with van der Waals surface area (Å²) in [7, 11) is 0. The summed E-state index contributed by atoms with van der Waals surface area (Å²) >= 11 is 5.02. The van der Waals surface area contributed by atoms with Crippen molar-refractivity contribution in [2.45, 2.75) is 13.8 Å². The third-order valence-corrected chi connectivity index (χ3v) is 4.48. The minimum absolute atomic E-state index is 0.795. The molecule has 0 radical (unpaired) electrons. The minimum Gasteiger partial charge on any atom is -0.330 e. The highest BCUT2D eigenvalue weighted by molar-refractivity contribution is 9.10. The van der Waals surface area contributed by atoms with Crippen LogP contribution in [-0.2, 0) is 0 Å². The van der Waals surface area contributed by atoms with Gasteiger partial charge in [0, 0.05) is 15.7 Å². The van der Waals surface area contributed by atoms with Gasteiger partial charge in [-0.1, -0.05) is 57.1 Å². The largest absolute Gasteiger partial charge is 0.330 e. The van der Waals surface area contributed by atoms with Gasteiger partial charge in [-0.25, -0.2) is 0 Å². The van der Waals surface area contributed by atoms with E-state index in [1.54, 1.807) is 11.3 Å². The summed E-state index contributed by atoms with van der Waals surface area (Å²) in [6, 6.07) is 14.4. The lowest BCUT2D eigenvalue weighted by molar-refractivity contribution is 1.09. The number of anilines is 2. The number of aryl methyl sites for hydroxylation is 2. The highest BCUT2D eigenvalue weighted by Gasteiger charge is 2.09. The summed E-state index contributed by atoms with van der Waals surface area (Å²) in [4.78, 5) is 0. The Morgan fingerprint density at radius 2 is 1.90 bits per heavy atom. The predicted molar refractivity (Wildman–Crippen MR) is 92.2 cm³/mol. The van der Waals surface area contributed by atoms with Crippen LogP contribution in [-0.4, -0.2) is 10.2 Å². The first-order valence-corrected chi connectivity index (χ1v) is 8.16. The van der Waals surface area contributed by atoms with Crippen LogP contribution < -0.4 is 5.32 Å². The molecule has 0 aliphatic rings. The monoisotopic (exact) mass is 359 g/mol. The first kappa shape index (κ1) is 14.2. The molecule has 3 aromatic rings. The molecule has 0 spiro atoms. The van der Waals surface area contributed by atoms with Crippen LogP contribution in [0.1, 0.15) is 11.1 Å². The Balaban J connectivity index is 1.86. The highest BCUT2D eigenvalue weighted by Crippen LogP contribution is 2.31. The quantitative estimate of drug-likeness (QED) is 0.686. The number of rotatable bonds is 3. The van der Waals surface area contributed by atoms with E-state index in [2.05, 4.69) is 63.5 Å². The summed E-state index contributed by atoms with van der Waals surface area (Å²) in [6.45, 7) is 4.20. The Morgan fingerprint density at radius 3 is 2.67 bits per heavy atom. The third-order valence-electron chi connectivity index (χ3n) is 3.11. The SMILES string of the molecule is Cc1ccc(-c2nnc(Nc3cccc(Br)c3)s2)c(C)c1. The van der Waals surface area contributed by atoms with Crippen LogP contribution in [0.3, 0.4) is 0 Å². The Labute approximate surface area is 136 Å². The van der Waals surface area contributed by atoms with Crippen LogP contribution in [0.15, 0.2) is 46.9 Å². The Bertz CT molecular complexity index is 783. The predicted octanol–water partition coefficient (Wildman–Crippen LogP) is 5.33. The molecule has 0 bridgehead atoms. The van der Waals surface area contributed by atoms with E-state index >= 15 is 0 Å². The average Bonchev–Trinajstić information content (AvgIpc) is 2.87. The fourth-order valence-electron chi connectivity index (χ4n) is 2.13. The van der Waals surface area contributed by atoms with Crippen molar-refractivity contribution in [1.29, 1.82) is 0 Å². The lowest BCUT2D eigenvalue weighted by Gasteiger charge is -2.03. The van der Waals surface area contributed by atoms with E-state index in [-0.39, 0.29) is 0 Å². The van der Waals surface area contributed by atoms with Crippen molar-refractivity contribution < 1.29 is 0 Å². The number of nitrogens with one attached hydrogen (secondary N) is 1. The van der Waals surface area contributed by atoms with Gasteiger partial charge in [-0.2, -0.15) is 0 Å². The van der Waals surface area contributed by atoms with Gasteiger partial charge < -0.3 is 5.32 Å². The minimum atomic E-state index is 0.795. The van der Waals surface area contributed by atoms with Crippen molar-refractivity contribution in [3.8, 4) is 10.6 Å². The summed E-state index contributed by atoms with van der Waals surface area (Å²) < 4.78 is 1.03. The molecule has 0 unspecified atom stereocenters. The molecular formula is C16H14BrN3S. The first-order chi connectivity index (χ1) is 10.1. The molecule has 0 atom stereocenters. The van der Waals surface area contributed by atoms with Crippen LogP contribution >= 0.6 is 27.3 Å². The smallest absolute Gasteiger partial charge is 0.210 e. The van der Waals surface area contributed by atoms with Crippen molar-refractivity contribution in [3.63, 3.8) is 0 Å². The lowest BCUT2D eigenvalue weighted by Crippen LogP contribution is -1.88. The molecule has 0 aliphatic heterocycles. The zero-order chi connectivity index (χ0) is 14.8. The number of aromatic nitrogens is 2. The van der Waals surface area contributed by atoms with Gasteiger partial charge in [-0.05, 0) is 37.6 Å². The molecule has 0 aliphatic carbocycles. The molecule has 21 heavy (non-hydrogen) atoms. The summed E-state index contributed by atoms with van der Waals surface area (Å²) in [5, 5.41) is 13.5. The van der Waals surface area contributed by atoms with Crippen LogP contribution in [0.2, 0.25) is 0 Å². The van der Waals surface area contributed by atoms with Gasteiger partial charge in [0.1, 0.15) is 5.01 Å². The molecule has 1 N–H and O–H groups in total. The van der Waals surface area contributed by atoms with Gasteiger partial charge in [-0.3, -0.25) is 0 Å². The van der Waals surface area contributed by atoms with Crippen LogP contribution in [0.4, 0.5) is 10.8 Å². The van der Waals surface area contributed by atoms with E-state index in [4.69, 9.17) is 0 Å². The Morgan fingerprint density at radius 1 is 1.05 bits per heavy atom. The molecule has 0 saturated heterocycles. The summed E-state index contributed by atoms with van der Waals surface area (Å²) in [5.74, 6) is 0. The molecular weight excluding hydrogens is 346 g/mol. The van der Waals surface area contributed by atoms with E-state index in [9.17, 15) is 0 Å². The van der Waals surface area contributed by atoms with Crippen LogP contribution in [0.5, 0.6) is 0 Å². The Kier molecular flexibility index (Phi) is 4.03. The first-order valence-electron chi connectivity index (χ1n) is 6.55. The fourth-order valence-corrected chi connectivity index (χ4v) is 3.38.